The highest BCUT2D eigenvalue weighted by Gasteiger charge is 2.40. The fourth-order valence-corrected chi connectivity index (χ4v) is 5.64. The van der Waals surface area contributed by atoms with Gasteiger partial charge in [-0.2, -0.15) is 0 Å². The molecule has 0 aromatic heterocycles. The highest BCUT2D eigenvalue weighted by Crippen LogP contribution is 2.40. The van der Waals surface area contributed by atoms with Gasteiger partial charge in [-0.3, -0.25) is 15.0 Å². The Bertz CT molecular complexity index is 1550. The predicted octanol–water partition coefficient (Wildman–Crippen LogP) is 5.72. The first-order valence-electron chi connectivity index (χ1n) is 15.0. The van der Waals surface area contributed by atoms with E-state index in [2.05, 4.69) is 34.5 Å². The van der Waals surface area contributed by atoms with Gasteiger partial charge in [0, 0.05) is 24.4 Å². The molecule has 0 radical (unpaired) electrons. The monoisotopic (exact) mass is 612 g/mol. The number of ether oxygens (including phenoxy) is 2. The Morgan fingerprint density at radius 3 is 2.04 bits per heavy atom. The number of nitrogens with one attached hydrogen (secondary N) is 1. The lowest BCUT2D eigenvalue weighted by Crippen LogP contribution is -2.39. The third-order valence-electron chi connectivity index (χ3n) is 7.68. The Labute approximate surface area is 263 Å². The van der Waals surface area contributed by atoms with Crippen molar-refractivity contribution in [3.8, 4) is 0 Å². The SMILES string of the molecule is CCC(CN(C)C(c1ccccc1)c1ccccc1)OC(=O)C1=C(N)NC(C)=C(C(=O)OC(C)C)C1c1cccc([N+](=O)[O-])c1. The van der Waals surface area contributed by atoms with Crippen molar-refractivity contribution in [2.24, 2.45) is 5.73 Å². The summed E-state index contributed by atoms with van der Waals surface area (Å²) in [6, 6.07) is 25.9. The second-order valence-electron chi connectivity index (χ2n) is 11.3. The first-order valence-corrected chi connectivity index (χ1v) is 15.0. The molecule has 0 fully saturated rings. The van der Waals surface area contributed by atoms with E-state index in [9.17, 15) is 19.7 Å². The number of rotatable bonds is 12. The van der Waals surface area contributed by atoms with E-state index in [4.69, 9.17) is 15.2 Å². The van der Waals surface area contributed by atoms with E-state index in [1.165, 1.54) is 18.2 Å². The van der Waals surface area contributed by atoms with Crippen molar-refractivity contribution in [2.75, 3.05) is 13.6 Å². The smallest absolute Gasteiger partial charge is 0.338 e. The van der Waals surface area contributed by atoms with Gasteiger partial charge in [-0.25, -0.2) is 9.59 Å². The third kappa shape index (κ3) is 7.77. The van der Waals surface area contributed by atoms with Crippen molar-refractivity contribution in [2.45, 2.75) is 58.3 Å². The summed E-state index contributed by atoms with van der Waals surface area (Å²) in [7, 11) is 1.98. The Morgan fingerprint density at radius 2 is 1.51 bits per heavy atom. The summed E-state index contributed by atoms with van der Waals surface area (Å²) in [5.41, 5.74) is 9.25. The summed E-state index contributed by atoms with van der Waals surface area (Å²) in [6.45, 7) is 7.40. The maximum absolute atomic E-state index is 14.0. The predicted molar refractivity (Wildman–Crippen MR) is 172 cm³/mol. The minimum absolute atomic E-state index is 0.00441. The van der Waals surface area contributed by atoms with Crippen molar-refractivity contribution in [3.63, 3.8) is 0 Å². The number of esters is 2. The summed E-state index contributed by atoms with van der Waals surface area (Å²) in [5.74, 6) is -2.44. The van der Waals surface area contributed by atoms with Gasteiger partial charge in [0.1, 0.15) is 11.9 Å². The average molecular weight is 613 g/mol. The lowest BCUT2D eigenvalue weighted by atomic mass is 9.81. The van der Waals surface area contributed by atoms with Crippen LogP contribution in [-0.4, -0.2) is 47.6 Å². The number of allylic oxidation sites excluding steroid dienone is 1. The van der Waals surface area contributed by atoms with Crippen LogP contribution >= 0.6 is 0 Å². The molecule has 4 rings (SSSR count). The molecule has 2 atom stereocenters. The first kappa shape index (κ1) is 32.9. The number of nitro benzene ring substituents is 1. The van der Waals surface area contributed by atoms with Crippen molar-refractivity contribution in [3.05, 3.63) is 134 Å². The highest BCUT2D eigenvalue weighted by atomic mass is 16.6. The van der Waals surface area contributed by atoms with Crippen LogP contribution in [0.4, 0.5) is 5.69 Å². The average Bonchev–Trinajstić information content (AvgIpc) is 3.01. The molecule has 10 nitrogen and oxygen atoms in total. The first-order chi connectivity index (χ1) is 21.5. The molecule has 2 unspecified atom stereocenters. The number of hydrogen-bond acceptors (Lipinski definition) is 9. The van der Waals surface area contributed by atoms with Crippen LogP contribution in [0.15, 0.2) is 108 Å². The van der Waals surface area contributed by atoms with E-state index < -0.39 is 35.0 Å². The van der Waals surface area contributed by atoms with Crippen LogP contribution in [0.1, 0.15) is 62.8 Å². The second-order valence-corrected chi connectivity index (χ2v) is 11.3. The molecule has 1 heterocycles. The molecule has 0 spiro atoms. The van der Waals surface area contributed by atoms with Crippen LogP contribution in [0.2, 0.25) is 0 Å². The molecule has 0 bridgehead atoms. The number of nitro groups is 1. The van der Waals surface area contributed by atoms with Crippen LogP contribution in [-0.2, 0) is 19.1 Å². The van der Waals surface area contributed by atoms with Crippen LogP contribution in [0.25, 0.3) is 0 Å². The van der Waals surface area contributed by atoms with Gasteiger partial charge in [0.15, 0.2) is 0 Å². The van der Waals surface area contributed by atoms with Crippen LogP contribution in [0, 0.1) is 10.1 Å². The zero-order valence-corrected chi connectivity index (χ0v) is 26.2. The quantitative estimate of drug-likeness (QED) is 0.149. The van der Waals surface area contributed by atoms with Crippen LogP contribution in [0.5, 0.6) is 0 Å². The molecule has 236 valence electrons. The van der Waals surface area contributed by atoms with Gasteiger partial charge in [0.05, 0.1) is 34.1 Å². The Kier molecular flexibility index (Phi) is 10.7. The number of carbonyl (C=O) groups is 2. The van der Waals surface area contributed by atoms with Gasteiger partial charge in [0.25, 0.3) is 5.69 Å². The number of non-ortho nitro benzene ring substituents is 1. The summed E-state index contributed by atoms with van der Waals surface area (Å²) >= 11 is 0. The molecule has 1 aliphatic rings. The molecule has 3 aromatic rings. The van der Waals surface area contributed by atoms with E-state index in [1.54, 1.807) is 26.8 Å². The van der Waals surface area contributed by atoms with Gasteiger partial charge in [-0.05, 0) is 50.9 Å². The van der Waals surface area contributed by atoms with Gasteiger partial charge in [0.2, 0.25) is 0 Å². The molecular weight excluding hydrogens is 572 g/mol. The van der Waals surface area contributed by atoms with Crippen molar-refractivity contribution in [1.82, 2.24) is 10.2 Å². The number of dihydropyridines is 1. The Morgan fingerprint density at radius 1 is 0.933 bits per heavy atom. The molecule has 45 heavy (non-hydrogen) atoms. The van der Waals surface area contributed by atoms with E-state index >= 15 is 0 Å². The fraction of sp³-hybridized carbons (Fsp3) is 0.314. The number of hydrogen-bond donors (Lipinski definition) is 2. The van der Waals surface area contributed by atoms with Crippen molar-refractivity contribution < 1.29 is 24.0 Å². The third-order valence-corrected chi connectivity index (χ3v) is 7.68. The van der Waals surface area contributed by atoms with Gasteiger partial charge in [-0.1, -0.05) is 79.7 Å². The molecular formula is C35H40N4O6. The second kappa shape index (κ2) is 14.7. The molecule has 0 saturated heterocycles. The maximum Gasteiger partial charge on any atom is 0.338 e. The van der Waals surface area contributed by atoms with E-state index in [1.807, 2.05) is 50.4 Å². The zero-order valence-electron chi connectivity index (χ0n) is 26.2. The molecule has 0 aliphatic carbocycles. The highest BCUT2D eigenvalue weighted by molar-refractivity contribution is 6.00. The summed E-state index contributed by atoms with van der Waals surface area (Å²) in [4.78, 5) is 40.7. The lowest BCUT2D eigenvalue weighted by Gasteiger charge is -2.33. The van der Waals surface area contributed by atoms with Crippen molar-refractivity contribution in [1.29, 1.82) is 0 Å². The normalized spacial score (nSPS) is 15.7. The van der Waals surface area contributed by atoms with Crippen LogP contribution < -0.4 is 11.1 Å². The number of nitrogens with zero attached hydrogens (tertiary/aromatic N) is 2. The summed E-state index contributed by atoms with van der Waals surface area (Å²) < 4.78 is 11.6. The topological polar surface area (TPSA) is 137 Å². The Hall–Kier alpha value is -4.96. The summed E-state index contributed by atoms with van der Waals surface area (Å²) in [6.07, 6.45) is -0.475. The standard InChI is InChI=1S/C35H40N4O6/c1-6-28(21-38(5)32(24-14-9-7-10-15-24)25-16-11-8-12-17-25)45-35(41)31-30(26-18-13-19-27(20-26)39(42)43)29(23(4)37-33(31)36)34(40)44-22(2)3/h7-20,22,28,30,32,37H,6,21,36H2,1-5H3. The number of carbonyl (C=O) groups excluding carboxylic acids is 2. The number of likely N-dealkylation sites (N-methyl/N-ethyl adjacent to an activating group) is 1. The number of nitrogens with two attached hydrogens (primary N) is 1. The Balaban J connectivity index is 1.68. The maximum atomic E-state index is 14.0. The molecule has 0 amide bonds. The van der Waals surface area contributed by atoms with E-state index in [0.717, 1.165) is 11.1 Å². The lowest BCUT2D eigenvalue weighted by molar-refractivity contribution is -0.384. The van der Waals surface area contributed by atoms with Crippen LogP contribution in [0.3, 0.4) is 0 Å². The molecule has 1 aliphatic heterocycles. The van der Waals surface area contributed by atoms with Gasteiger partial charge < -0.3 is 20.5 Å². The van der Waals surface area contributed by atoms with Crippen molar-refractivity contribution >= 4 is 17.6 Å². The summed E-state index contributed by atoms with van der Waals surface area (Å²) in [5, 5.41) is 14.6. The largest absolute Gasteiger partial charge is 0.460 e. The zero-order chi connectivity index (χ0) is 32.7. The van der Waals surface area contributed by atoms with Gasteiger partial charge >= 0.3 is 11.9 Å². The molecule has 3 aromatic carbocycles. The molecule has 10 heteroatoms. The van der Waals surface area contributed by atoms with E-state index in [0.29, 0.717) is 24.2 Å². The molecule has 3 N–H and O–H groups in total. The molecule has 0 saturated carbocycles. The minimum Gasteiger partial charge on any atom is -0.460 e. The van der Waals surface area contributed by atoms with Gasteiger partial charge in [-0.15, -0.1) is 0 Å². The minimum atomic E-state index is -1.05. The van der Waals surface area contributed by atoms with E-state index in [-0.39, 0.29) is 28.7 Å². The number of benzene rings is 3. The fourth-order valence-electron chi connectivity index (χ4n) is 5.64.